The number of H-pyrrole nitrogens is 1. The van der Waals surface area contributed by atoms with Gasteiger partial charge in [-0.15, -0.1) is 0 Å². The number of anilines is 2. The van der Waals surface area contributed by atoms with Crippen LogP contribution in [0.1, 0.15) is 5.56 Å². The van der Waals surface area contributed by atoms with Gasteiger partial charge < -0.3 is 21.9 Å². The van der Waals surface area contributed by atoms with Crippen LogP contribution in [0.15, 0.2) is 41.5 Å². The Morgan fingerprint density at radius 1 is 1.15 bits per heavy atom. The molecule has 0 radical (unpaired) electrons. The van der Waals surface area contributed by atoms with Crippen molar-refractivity contribution >= 4 is 39.5 Å². The van der Waals surface area contributed by atoms with Crippen LogP contribution in [-0.2, 0) is 0 Å². The summed E-state index contributed by atoms with van der Waals surface area (Å²) in [5, 5.41) is 8.20. The molecule has 6 N–H and O–H groups in total. The van der Waals surface area contributed by atoms with E-state index in [2.05, 4.69) is 15.0 Å². The highest BCUT2D eigenvalue weighted by molar-refractivity contribution is 6.14. The third-order valence-corrected chi connectivity index (χ3v) is 4.29. The molecule has 8 heteroatoms. The van der Waals surface area contributed by atoms with Crippen molar-refractivity contribution < 1.29 is 4.39 Å². The Hall–Kier alpha value is -3.81. The number of fused-ring (bicyclic) bond motifs is 3. The van der Waals surface area contributed by atoms with Crippen LogP contribution in [0.5, 0.6) is 0 Å². The van der Waals surface area contributed by atoms with Gasteiger partial charge in [0.15, 0.2) is 0 Å². The summed E-state index contributed by atoms with van der Waals surface area (Å²) in [6, 6.07) is 6.16. The number of aromatic nitrogens is 3. The number of rotatable bonds is 2. The summed E-state index contributed by atoms with van der Waals surface area (Å²) in [7, 11) is 0. The van der Waals surface area contributed by atoms with Crippen LogP contribution in [0.4, 0.5) is 15.8 Å². The summed E-state index contributed by atoms with van der Waals surface area (Å²) < 4.78 is 13.9. The molecule has 128 valence electrons. The Balaban J connectivity index is 2.29. The van der Waals surface area contributed by atoms with Gasteiger partial charge in [0.1, 0.15) is 11.5 Å². The predicted octanol–water partition coefficient (Wildman–Crippen LogP) is 2.44. The zero-order valence-corrected chi connectivity index (χ0v) is 13.4. The van der Waals surface area contributed by atoms with Gasteiger partial charge in [-0.2, -0.15) is 0 Å². The number of nitrogens with zero attached hydrogens (tertiary/aromatic N) is 2. The fourth-order valence-electron chi connectivity index (χ4n) is 3.07. The number of hydrogen-bond donors (Lipinski definition) is 4. The van der Waals surface area contributed by atoms with Gasteiger partial charge in [-0.25, -0.2) is 4.39 Å². The number of pyridine rings is 3. The second kappa shape index (κ2) is 5.62. The van der Waals surface area contributed by atoms with E-state index in [0.717, 1.165) is 6.21 Å². The lowest BCUT2D eigenvalue weighted by molar-refractivity contribution is 0.632. The Bertz CT molecular complexity index is 1260. The van der Waals surface area contributed by atoms with Crippen LogP contribution in [-0.4, -0.2) is 21.2 Å². The number of hydrogen-bond acceptors (Lipinski definition) is 6. The van der Waals surface area contributed by atoms with Crippen LogP contribution in [0.2, 0.25) is 0 Å². The average molecular weight is 348 g/mol. The first kappa shape index (κ1) is 15.7. The molecule has 0 aliphatic rings. The second-order valence-electron chi connectivity index (χ2n) is 5.73. The molecule has 1 aromatic carbocycles. The molecule has 0 fully saturated rings. The monoisotopic (exact) mass is 348 g/mol. The van der Waals surface area contributed by atoms with Crippen molar-refractivity contribution in [3.8, 4) is 11.1 Å². The molecular weight excluding hydrogens is 335 g/mol. The number of nitrogens with one attached hydrogen (secondary N) is 2. The van der Waals surface area contributed by atoms with Crippen molar-refractivity contribution in [1.29, 1.82) is 5.41 Å². The van der Waals surface area contributed by atoms with Crippen LogP contribution in [0.25, 0.3) is 33.1 Å². The van der Waals surface area contributed by atoms with Gasteiger partial charge in [-0.05, 0) is 23.8 Å². The van der Waals surface area contributed by atoms with E-state index in [1.54, 1.807) is 18.3 Å². The lowest BCUT2D eigenvalue weighted by atomic mass is 9.94. The van der Waals surface area contributed by atoms with Gasteiger partial charge >= 0.3 is 0 Å². The molecule has 0 saturated carbocycles. The molecule has 3 aromatic heterocycles. The largest absolute Gasteiger partial charge is 0.396 e. The number of aromatic amines is 1. The molecule has 7 nitrogen and oxygen atoms in total. The lowest BCUT2D eigenvalue weighted by Crippen LogP contribution is -2.14. The fraction of sp³-hybridized carbons (Fsp3) is 0. The average Bonchev–Trinajstić information content (AvgIpc) is 2.65. The molecule has 0 saturated heterocycles. The number of nitrogens with two attached hydrogens (primary N) is 2. The van der Waals surface area contributed by atoms with E-state index < -0.39 is 11.4 Å². The predicted molar refractivity (Wildman–Crippen MR) is 99.8 cm³/mol. The van der Waals surface area contributed by atoms with Crippen molar-refractivity contribution in [2.45, 2.75) is 0 Å². The topological polar surface area (TPSA) is 135 Å². The van der Waals surface area contributed by atoms with Crippen LogP contribution in [0, 0.1) is 11.2 Å². The standard InChI is InChI=1S/C18H13FN6O/c19-10-4-3-8(9(6-20)15(10)21)13-14-12(25-18(26)16(13)22)7-24-11-2-1-5-23-17(11)14/h1-7,20H,21-22H2,(H,25,26). The maximum atomic E-state index is 13.9. The van der Waals surface area contributed by atoms with Crippen molar-refractivity contribution in [1.82, 2.24) is 15.0 Å². The molecule has 4 aromatic rings. The van der Waals surface area contributed by atoms with Gasteiger partial charge in [0.25, 0.3) is 5.56 Å². The molecule has 0 aliphatic heterocycles. The zero-order chi connectivity index (χ0) is 18.4. The normalized spacial score (nSPS) is 11.1. The molecule has 0 aliphatic carbocycles. The highest BCUT2D eigenvalue weighted by atomic mass is 19.1. The molecule has 4 rings (SSSR count). The highest BCUT2D eigenvalue weighted by Gasteiger charge is 2.20. The molecule has 26 heavy (non-hydrogen) atoms. The van der Waals surface area contributed by atoms with Crippen molar-refractivity contribution in [2.24, 2.45) is 0 Å². The van der Waals surface area contributed by atoms with Crippen LogP contribution < -0.4 is 17.0 Å². The lowest BCUT2D eigenvalue weighted by Gasteiger charge is -2.15. The Morgan fingerprint density at radius 2 is 1.96 bits per heavy atom. The Kier molecular flexibility index (Phi) is 3.40. The number of benzene rings is 1. The van der Waals surface area contributed by atoms with E-state index in [1.165, 1.54) is 18.3 Å². The van der Waals surface area contributed by atoms with Crippen LogP contribution >= 0.6 is 0 Å². The summed E-state index contributed by atoms with van der Waals surface area (Å²) in [5.74, 6) is -0.649. The van der Waals surface area contributed by atoms with Crippen LogP contribution in [0.3, 0.4) is 0 Å². The molecule has 3 heterocycles. The summed E-state index contributed by atoms with van der Waals surface area (Å²) in [6.45, 7) is 0. The molecule has 0 bridgehead atoms. The van der Waals surface area contributed by atoms with Crippen molar-refractivity contribution in [2.75, 3.05) is 11.5 Å². The summed E-state index contributed by atoms with van der Waals surface area (Å²) in [5.41, 5.74) is 13.6. The maximum Gasteiger partial charge on any atom is 0.272 e. The molecule has 0 spiro atoms. The first-order valence-corrected chi connectivity index (χ1v) is 7.67. The van der Waals surface area contributed by atoms with Gasteiger partial charge in [-0.1, -0.05) is 6.07 Å². The minimum Gasteiger partial charge on any atom is -0.396 e. The highest BCUT2D eigenvalue weighted by Crippen LogP contribution is 2.37. The molecule has 0 unspecified atom stereocenters. The van der Waals surface area contributed by atoms with Gasteiger partial charge in [0.05, 0.1) is 28.4 Å². The third-order valence-electron chi connectivity index (χ3n) is 4.29. The molecule has 0 atom stereocenters. The first-order chi connectivity index (χ1) is 12.5. The van der Waals surface area contributed by atoms with Gasteiger partial charge in [0, 0.05) is 28.9 Å². The van der Waals surface area contributed by atoms with Crippen molar-refractivity contribution in [3.05, 3.63) is 58.4 Å². The number of halogens is 1. The van der Waals surface area contributed by atoms with E-state index in [0.29, 0.717) is 33.1 Å². The minimum atomic E-state index is -0.649. The Labute approximate surface area is 146 Å². The second-order valence-corrected chi connectivity index (χ2v) is 5.73. The van der Waals surface area contributed by atoms with Gasteiger partial charge in [-0.3, -0.25) is 14.8 Å². The fourth-order valence-corrected chi connectivity index (χ4v) is 3.07. The maximum absolute atomic E-state index is 13.9. The van der Waals surface area contributed by atoms with Gasteiger partial charge in [0.2, 0.25) is 0 Å². The van der Waals surface area contributed by atoms with E-state index in [1.807, 2.05) is 0 Å². The van der Waals surface area contributed by atoms with E-state index in [-0.39, 0.29) is 16.9 Å². The van der Waals surface area contributed by atoms with E-state index in [9.17, 15) is 9.18 Å². The van der Waals surface area contributed by atoms with E-state index >= 15 is 0 Å². The quantitative estimate of drug-likeness (QED) is 0.251. The summed E-state index contributed by atoms with van der Waals surface area (Å²) in [6.07, 6.45) is 4.06. The molecule has 0 amide bonds. The Morgan fingerprint density at radius 3 is 2.73 bits per heavy atom. The first-order valence-electron chi connectivity index (χ1n) is 7.67. The van der Waals surface area contributed by atoms with E-state index in [4.69, 9.17) is 16.9 Å². The van der Waals surface area contributed by atoms with Crippen molar-refractivity contribution in [3.63, 3.8) is 0 Å². The molecular formula is C18H13FN6O. The zero-order valence-electron chi connectivity index (χ0n) is 13.4. The third kappa shape index (κ3) is 2.12. The summed E-state index contributed by atoms with van der Waals surface area (Å²) in [4.78, 5) is 23.6. The minimum absolute atomic E-state index is 0.0650. The SMILES string of the molecule is N=Cc1c(-c2c(N)c(=O)[nH]c3cnc4cccnc4c23)ccc(F)c1N. The summed E-state index contributed by atoms with van der Waals surface area (Å²) >= 11 is 0. The smallest absolute Gasteiger partial charge is 0.272 e. The number of nitrogen functional groups attached to an aromatic ring is 2.